The average molecular weight is 505 g/mol. The zero-order valence-corrected chi connectivity index (χ0v) is 20.1. The van der Waals surface area contributed by atoms with E-state index in [0.717, 1.165) is 23.8 Å². The van der Waals surface area contributed by atoms with Gasteiger partial charge in [-0.25, -0.2) is 4.79 Å². The van der Waals surface area contributed by atoms with Gasteiger partial charge < -0.3 is 19.1 Å². The van der Waals surface area contributed by atoms with Gasteiger partial charge in [-0.05, 0) is 23.2 Å². The highest BCUT2D eigenvalue weighted by atomic mass is 32.2. The van der Waals surface area contributed by atoms with Crippen LogP contribution in [0.25, 0.3) is 10.4 Å². The maximum Gasteiger partial charge on any atom is 0.328 e. The van der Waals surface area contributed by atoms with Crippen LogP contribution in [0.4, 0.5) is 5.69 Å². The molecular formula is C22H24N4O8S. The Balaban J connectivity index is 1.95. The molecule has 0 aliphatic carbocycles. The van der Waals surface area contributed by atoms with E-state index in [4.69, 9.17) is 23.9 Å². The van der Waals surface area contributed by atoms with E-state index in [1.54, 1.807) is 0 Å². The molecule has 0 aromatic heterocycles. The predicted octanol–water partition coefficient (Wildman–Crippen LogP) is 2.95. The molecule has 1 heterocycles. The SMILES string of the molecule is COC(=O)[C@@H]1C[C@@H](OS(C)(=O)=O)CN1C(=O)c1cc(OC)c(OCc2ccccc2)cc1N=[N+]=[N-]. The van der Waals surface area contributed by atoms with Gasteiger partial charge in [0.2, 0.25) is 0 Å². The molecule has 0 bridgehead atoms. The van der Waals surface area contributed by atoms with E-state index in [-0.39, 0.29) is 42.3 Å². The minimum atomic E-state index is -3.83. The molecule has 0 unspecified atom stereocenters. The maximum atomic E-state index is 13.5. The zero-order chi connectivity index (χ0) is 25.6. The molecule has 0 saturated carbocycles. The summed E-state index contributed by atoms with van der Waals surface area (Å²) in [6.45, 7) is -0.00277. The molecule has 3 rings (SSSR count). The second-order valence-corrected chi connectivity index (χ2v) is 9.24. The van der Waals surface area contributed by atoms with Crippen molar-refractivity contribution in [2.24, 2.45) is 5.11 Å². The Morgan fingerprint density at radius 3 is 2.49 bits per heavy atom. The molecule has 0 N–H and O–H groups in total. The highest BCUT2D eigenvalue weighted by molar-refractivity contribution is 7.86. The number of carbonyl (C=O) groups excluding carboxylic acids is 2. The van der Waals surface area contributed by atoms with Gasteiger partial charge in [0.15, 0.2) is 11.5 Å². The summed E-state index contributed by atoms with van der Waals surface area (Å²) in [4.78, 5) is 29.7. The molecule has 2 atom stereocenters. The van der Waals surface area contributed by atoms with Crippen molar-refractivity contribution >= 4 is 27.7 Å². The number of carbonyl (C=O) groups is 2. The van der Waals surface area contributed by atoms with Crippen LogP contribution in [0.3, 0.4) is 0 Å². The van der Waals surface area contributed by atoms with Crippen LogP contribution >= 0.6 is 0 Å². The molecule has 186 valence electrons. The molecule has 1 amide bonds. The fourth-order valence-electron chi connectivity index (χ4n) is 3.71. The van der Waals surface area contributed by atoms with Gasteiger partial charge in [0, 0.05) is 17.9 Å². The Labute approximate surface area is 202 Å². The van der Waals surface area contributed by atoms with Crippen LogP contribution in [0.2, 0.25) is 0 Å². The summed E-state index contributed by atoms with van der Waals surface area (Å²) in [6, 6.07) is 10.9. The third-order valence-corrected chi connectivity index (χ3v) is 5.83. The van der Waals surface area contributed by atoms with Crippen molar-refractivity contribution in [3.05, 3.63) is 64.0 Å². The quantitative estimate of drug-likeness (QED) is 0.166. The van der Waals surface area contributed by atoms with Crippen molar-refractivity contribution < 1.29 is 36.4 Å². The first-order valence-corrected chi connectivity index (χ1v) is 12.2. The van der Waals surface area contributed by atoms with Gasteiger partial charge in [-0.2, -0.15) is 8.42 Å². The lowest BCUT2D eigenvalue weighted by atomic mass is 10.1. The molecule has 13 heteroatoms. The van der Waals surface area contributed by atoms with Crippen molar-refractivity contribution in [3.8, 4) is 11.5 Å². The lowest BCUT2D eigenvalue weighted by Gasteiger charge is -2.24. The van der Waals surface area contributed by atoms with Crippen molar-refractivity contribution in [1.29, 1.82) is 0 Å². The van der Waals surface area contributed by atoms with Crippen molar-refractivity contribution in [2.75, 3.05) is 27.0 Å². The number of benzene rings is 2. The molecule has 1 aliphatic heterocycles. The van der Waals surface area contributed by atoms with E-state index in [9.17, 15) is 18.0 Å². The second-order valence-electron chi connectivity index (χ2n) is 7.64. The lowest BCUT2D eigenvalue weighted by Crippen LogP contribution is -2.41. The van der Waals surface area contributed by atoms with E-state index in [1.807, 2.05) is 30.3 Å². The Kier molecular flexibility index (Phi) is 8.18. The summed E-state index contributed by atoms with van der Waals surface area (Å²) >= 11 is 0. The van der Waals surface area contributed by atoms with E-state index >= 15 is 0 Å². The summed E-state index contributed by atoms with van der Waals surface area (Å²) in [5.41, 5.74) is 9.82. The number of hydrogen-bond acceptors (Lipinski definition) is 9. The van der Waals surface area contributed by atoms with Gasteiger partial charge in [-0.15, -0.1) is 0 Å². The first-order valence-electron chi connectivity index (χ1n) is 10.4. The van der Waals surface area contributed by atoms with Crippen molar-refractivity contribution in [3.63, 3.8) is 0 Å². The largest absolute Gasteiger partial charge is 0.493 e. The third-order valence-electron chi connectivity index (χ3n) is 5.21. The molecule has 1 aliphatic rings. The predicted molar refractivity (Wildman–Crippen MR) is 124 cm³/mol. The Hall–Kier alpha value is -3.80. The topological polar surface area (TPSA) is 157 Å². The summed E-state index contributed by atoms with van der Waals surface area (Å²) < 4.78 is 44.1. The summed E-state index contributed by atoms with van der Waals surface area (Å²) in [7, 11) is -1.29. The zero-order valence-electron chi connectivity index (χ0n) is 19.3. The fourth-order valence-corrected chi connectivity index (χ4v) is 4.35. The number of ether oxygens (including phenoxy) is 3. The first-order chi connectivity index (χ1) is 16.7. The number of rotatable bonds is 9. The average Bonchev–Trinajstić information content (AvgIpc) is 3.24. The summed E-state index contributed by atoms with van der Waals surface area (Å²) in [5.74, 6) is -1.01. The molecule has 35 heavy (non-hydrogen) atoms. The molecule has 1 saturated heterocycles. The third kappa shape index (κ3) is 6.41. The van der Waals surface area contributed by atoms with Crippen LogP contribution in [0.15, 0.2) is 47.6 Å². The van der Waals surface area contributed by atoms with Gasteiger partial charge in [0.25, 0.3) is 16.0 Å². The second kappa shape index (κ2) is 11.1. The summed E-state index contributed by atoms with van der Waals surface area (Å²) in [5, 5.41) is 3.61. The first kappa shape index (κ1) is 25.8. The van der Waals surface area contributed by atoms with Gasteiger partial charge >= 0.3 is 5.97 Å². The Bertz CT molecular complexity index is 1250. The lowest BCUT2D eigenvalue weighted by molar-refractivity contribution is -0.145. The van der Waals surface area contributed by atoms with E-state index in [2.05, 4.69) is 10.0 Å². The minimum absolute atomic E-state index is 0.0579. The van der Waals surface area contributed by atoms with Crippen LogP contribution < -0.4 is 9.47 Å². The van der Waals surface area contributed by atoms with Crippen molar-refractivity contribution in [1.82, 2.24) is 4.90 Å². The number of methoxy groups -OCH3 is 2. The number of hydrogen-bond donors (Lipinski definition) is 0. The van der Waals surface area contributed by atoms with Gasteiger partial charge in [-0.1, -0.05) is 35.4 Å². The van der Waals surface area contributed by atoms with Gasteiger partial charge in [0.1, 0.15) is 12.6 Å². The minimum Gasteiger partial charge on any atom is -0.493 e. The molecule has 1 fully saturated rings. The van der Waals surface area contributed by atoms with E-state index in [0.29, 0.717) is 0 Å². The number of amides is 1. The summed E-state index contributed by atoms with van der Waals surface area (Å²) in [6.07, 6.45) is -0.155. The van der Waals surface area contributed by atoms with Crippen LogP contribution in [0.5, 0.6) is 11.5 Å². The van der Waals surface area contributed by atoms with Crippen molar-refractivity contribution in [2.45, 2.75) is 25.2 Å². The number of nitrogens with zero attached hydrogens (tertiary/aromatic N) is 4. The number of esters is 1. The van der Waals surface area contributed by atoms with Crippen LogP contribution in [0, 0.1) is 0 Å². The standard InChI is InChI=1S/C22H24N4O8S/c1-31-19-10-16(17(24-25-23)11-20(19)33-13-14-7-5-4-6-8-14)21(27)26-12-15(34-35(3,29)30)9-18(26)22(28)32-2/h4-8,10-11,15,18H,9,12-13H2,1-3H3/t15-,18+/m1/s1. The van der Waals surface area contributed by atoms with Gasteiger partial charge in [-0.3, -0.25) is 8.98 Å². The molecule has 0 radical (unpaired) electrons. The van der Waals surface area contributed by atoms with E-state index < -0.39 is 34.1 Å². The Morgan fingerprint density at radius 1 is 1.17 bits per heavy atom. The number of azide groups is 1. The molecule has 2 aromatic carbocycles. The fraction of sp³-hybridized carbons (Fsp3) is 0.364. The van der Waals surface area contributed by atoms with Crippen LogP contribution in [0.1, 0.15) is 22.3 Å². The Morgan fingerprint density at radius 2 is 1.89 bits per heavy atom. The monoisotopic (exact) mass is 504 g/mol. The van der Waals surface area contributed by atoms with E-state index in [1.165, 1.54) is 19.2 Å². The van der Waals surface area contributed by atoms with Crippen LogP contribution in [-0.4, -0.2) is 64.4 Å². The molecular weight excluding hydrogens is 480 g/mol. The van der Waals surface area contributed by atoms with Gasteiger partial charge in [0.05, 0.1) is 37.8 Å². The highest BCUT2D eigenvalue weighted by Gasteiger charge is 2.43. The van der Waals surface area contributed by atoms with Crippen LogP contribution in [-0.2, 0) is 30.4 Å². The maximum absolute atomic E-state index is 13.5. The smallest absolute Gasteiger partial charge is 0.328 e. The highest BCUT2D eigenvalue weighted by Crippen LogP contribution is 2.37. The molecule has 2 aromatic rings. The molecule has 12 nitrogen and oxygen atoms in total. The normalized spacial score (nSPS) is 17.4. The number of likely N-dealkylation sites (tertiary alicyclic amines) is 1. The molecule has 0 spiro atoms.